The Kier molecular flexibility index (Phi) is 3.07. The molecule has 1 aromatic heterocycles. The fourth-order valence-electron chi connectivity index (χ4n) is 1.99. The minimum atomic E-state index is 0.167. The molecule has 0 radical (unpaired) electrons. The summed E-state index contributed by atoms with van der Waals surface area (Å²) in [4.78, 5) is 10.3. The average molecular weight is 228 g/mol. The fourth-order valence-corrected chi connectivity index (χ4v) is 2.21. The summed E-state index contributed by atoms with van der Waals surface area (Å²) in [7, 11) is 0. The summed E-state index contributed by atoms with van der Waals surface area (Å²) in [5.41, 5.74) is 0.855. The molecule has 0 bridgehead atoms. The molecule has 0 aliphatic carbocycles. The van der Waals surface area contributed by atoms with Gasteiger partial charge < -0.3 is 10.0 Å². The number of hydrogen-bond acceptors (Lipinski definition) is 4. The lowest BCUT2D eigenvalue weighted by molar-refractivity contribution is 0.266. The molecule has 1 fully saturated rings. The van der Waals surface area contributed by atoms with E-state index in [4.69, 9.17) is 11.6 Å². The maximum Gasteiger partial charge on any atom is 0.224 e. The number of aromatic nitrogens is 2. The van der Waals surface area contributed by atoms with Crippen molar-refractivity contribution in [2.75, 3.05) is 18.1 Å². The first-order valence-electron chi connectivity index (χ1n) is 5.09. The highest BCUT2D eigenvalue weighted by Crippen LogP contribution is 2.24. The molecule has 82 valence electrons. The zero-order valence-corrected chi connectivity index (χ0v) is 9.41. The molecule has 0 aromatic carbocycles. The maximum atomic E-state index is 9.22. The highest BCUT2D eigenvalue weighted by molar-refractivity contribution is 6.28. The summed E-state index contributed by atoms with van der Waals surface area (Å²) in [5.74, 6) is 0.823. The summed E-state index contributed by atoms with van der Waals surface area (Å²) in [6, 6.07) is 2.08. The standard InChI is InChI=1S/C10H14ClN3O/c1-7-5-9(13-10(11)12-7)14-4-2-3-8(14)6-15/h5,8,15H,2-4,6H2,1H3. The van der Waals surface area contributed by atoms with Gasteiger partial charge in [0.05, 0.1) is 12.6 Å². The number of anilines is 1. The van der Waals surface area contributed by atoms with E-state index in [0.717, 1.165) is 30.9 Å². The maximum absolute atomic E-state index is 9.22. The topological polar surface area (TPSA) is 49.2 Å². The molecule has 0 saturated carbocycles. The quantitative estimate of drug-likeness (QED) is 0.776. The molecule has 2 rings (SSSR count). The molecule has 1 unspecified atom stereocenters. The van der Waals surface area contributed by atoms with Gasteiger partial charge in [0.2, 0.25) is 5.28 Å². The van der Waals surface area contributed by atoms with Crippen LogP contribution in [0.2, 0.25) is 5.28 Å². The molecule has 1 aliphatic rings. The van der Waals surface area contributed by atoms with Gasteiger partial charge in [-0.2, -0.15) is 0 Å². The second kappa shape index (κ2) is 4.33. The van der Waals surface area contributed by atoms with Crippen molar-refractivity contribution >= 4 is 17.4 Å². The van der Waals surface area contributed by atoms with E-state index < -0.39 is 0 Å². The van der Waals surface area contributed by atoms with E-state index in [1.54, 1.807) is 0 Å². The number of rotatable bonds is 2. The van der Waals surface area contributed by atoms with Crippen LogP contribution >= 0.6 is 11.6 Å². The van der Waals surface area contributed by atoms with E-state index in [2.05, 4.69) is 14.9 Å². The average Bonchev–Trinajstić information content (AvgIpc) is 2.63. The van der Waals surface area contributed by atoms with Crippen molar-refractivity contribution < 1.29 is 5.11 Å². The lowest BCUT2D eigenvalue weighted by atomic mass is 10.2. The predicted octanol–water partition coefficient (Wildman–Crippen LogP) is 1.40. The van der Waals surface area contributed by atoms with Crippen LogP contribution in [0.15, 0.2) is 6.07 Å². The number of halogens is 1. The predicted molar refractivity (Wildman–Crippen MR) is 59.2 cm³/mol. The van der Waals surface area contributed by atoms with Crippen molar-refractivity contribution in [3.05, 3.63) is 17.0 Å². The minimum Gasteiger partial charge on any atom is -0.394 e. The Balaban J connectivity index is 2.28. The zero-order valence-electron chi connectivity index (χ0n) is 8.65. The summed E-state index contributed by atoms with van der Waals surface area (Å²) in [5, 5.41) is 9.49. The number of aliphatic hydroxyl groups excluding tert-OH is 1. The highest BCUT2D eigenvalue weighted by atomic mass is 35.5. The summed E-state index contributed by atoms with van der Waals surface area (Å²) in [6.07, 6.45) is 2.10. The lowest BCUT2D eigenvalue weighted by Gasteiger charge is -2.24. The summed E-state index contributed by atoms with van der Waals surface area (Å²) < 4.78 is 0. The Morgan fingerprint density at radius 3 is 3.07 bits per heavy atom. The number of nitrogens with zero attached hydrogens (tertiary/aromatic N) is 3. The first kappa shape index (κ1) is 10.6. The van der Waals surface area contributed by atoms with E-state index in [1.165, 1.54) is 0 Å². The highest BCUT2D eigenvalue weighted by Gasteiger charge is 2.25. The Morgan fingerprint density at radius 2 is 2.40 bits per heavy atom. The van der Waals surface area contributed by atoms with Crippen molar-refractivity contribution in [3.63, 3.8) is 0 Å². The van der Waals surface area contributed by atoms with Crippen LogP contribution in [0.4, 0.5) is 5.82 Å². The van der Waals surface area contributed by atoms with Gasteiger partial charge >= 0.3 is 0 Å². The van der Waals surface area contributed by atoms with Gasteiger partial charge in [-0.15, -0.1) is 0 Å². The van der Waals surface area contributed by atoms with E-state index in [9.17, 15) is 5.11 Å². The van der Waals surface area contributed by atoms with Crippen molar-refractivity contribution in [2.24, 2.45) is 0 Å². The molecule has 1 atom stereocenters. The van der Waals surface area contributed by atoms with E-state index in [-0.39, 0.29) is 17.9 Å². The van der Waals surface area contributed by atoms with Gasteiger partial charge in [0, 0.05) is 18.3 Å². The van der Waals surface area contributed by atoms with Crippen LogP contribution in [0, 0.1) is 6.92 Å². The molecule has 15 heavy (non-hydrogen) atoms. The largest absolute Gasteiger partial charge is 0.394 e. The van der Waals surface area contributed by atoms with Crippen molar-refractivity contribution in [1.29, 1.82) is 0 Å². The Bertz CT molecular complexity index is 338. The van der Waals surface area contributed by atoms with Crippen molar-refractivity contribution in [3.8, 4) is 0 Å². The molecule has 1 aliphatic heterocycles. The minimum absolute atomic E-state index is 0.167. The van der Waals surface area contributed by atoms with Crippen molar-refractivity contribution in [1.82, 2.24) is 9.97 Å². The SMILES string of the molecule is Cc1cc(N2CCCC2CO)nc(Cl)n1. The van der Waals surface area contributed by atoms with Crippen LogP contribution < -0.4 is 4.90 Å². The smallest absolute Gasteiger partial charge is 0.224 e. The fraction of sp³-hybridized carbons (Fsp3) is 0.600. The van der Waals surface area contributed by atoms with Crippen LogP contribution in [0.3, 0.4) is 0 Å². The molecule has 1 N–H and O–H groups in total. The van der Waals surface area contributed by atoms with Crippen LogP contribution in [-0.4, -0.2) is 34.3 Å². The Labute approximate surface area is 93.9 Å². The number of aliphatic hydroxyl groups is 1. The van der Waals surface area contributed by atoms with Crippen LogP contribution in [0.1, 0.15) is 18.5 Å². The molecular weight excluding hydrogens is 214 g/mol. The molecule has 2 heterocycles. The first-order valence-corrected chi connectivity index (χ1v) is 5.47. The summed E-state index contributed by atoms with van der Waals surface area (Å²) >= 11 is 5.81. The monoisotopic (exact) mass is 227 g/mol. The Morgan fingerprint density at radius 1 is 1.60 bits per heavy atom. The molecule has 0 amide bonds. The Hall–Kier alpha value is -0.870. The third-order valence-corrected chi connectivity index (χ3v) is 2.86. The van der Waals surface area contributed by atoms with Gasteiger partial charge in [-0.3, -0.25) is 0 Å². The third kappa shape index (κ3) is 2.21. The van der Waals surface area contributed by atoms with Gasteiger partial charge in [0.25, 0.3) is 0 Å². The van der Waals surface area contributed by atoms with Crippen LogP contribution in [-0.2, 0) is 0 Å². The van der Waals surface area contributed by atoms with Crippen LogP contribution in [0.5, 0.6) is 0 Å². The molecular formula is C10H14ClN3O. The normalized spacial score (nSPS) is 21.0. The number of hydrogen-bond donors (Lipinski definition) is 1. The molecule has 1 saturated heterocycles. The number of aryl methyl sites for hydroxylation is 1. The molecule has 5 heteroatoms. The van der Waals surface area contributed by atoms with Crippen molar-refractivity contribution in [2.45, 2.75) is 25.8 Å². The van der Waals surface area contributed by atoms with Gasteiger partial charge in [0.1, 0.15) is 5.82 Å². The van der Waals surface area contributed by atoms with E-state index in [1.807, 2.05) is 13.0 Å². The molecule has 1 aromatic rings. The third-order valence-electron chi connectivity index (χ3n) is 2.70. The second-order valence-electron chi connectivity index (χ2n) is 3.81. The van der Waals surface area contributed by atoms with Gasteiger partial charge in [-0.25, -0.2) is 9.97 Å². The first-order chi connectivity index (χ1) is 7.20. The second-order valence-corrected chi connectivity index (χ2v) is 4.15. The van der Waals surface area contributed by atoms with Gasteiger partial charge in [0.15, 0.2) is 0 Å². The van der Waals surface area contributed by atoms with Gasteiger partial charge in [-0.1, -0.05) is 0 Å². The van der Waals surface area contributed by atoms with Gasteiger partial charge in [-0.05, 0) is 31.4 Å². The van der Waals surface area contributed by atoms with E-state index >= 15 is 0 Å². The summed E-state index contributed by atoms with van der Waals surface area (Å²) in [6.45, 7) is 2.99. The van der Waals surface area contributed by atoms with Crippen LogP contribution in [0.25, 0.3) is 0 Å². The molecule has 4 nitrogen and oxygen atoms in total. The zero-order chi connectivity index (χ0) is 10.8. The van der Waals surface area contributed by atoms with E-state index in [0.29, 0.717) is 0 Å². The molecule has 0 spiro atoms. The lowest BCUT2D eigenvalue weighted by Crippen LogP contribution is -2.32.